The van der Waals surface area contributed by atoms with Crippen LogP contribution in [0.2, 0.25) is 0 Å². The smallest absolute Gasteiger partial charge is 0.104 e. The summed E-state index contributed by atoms with van der Waals surface area (Å²) < 4.78 is 0. The molecule has 0 aliphatic rings. The van der Waals surface area contributed by atoms with Gasteiger partial charge in [-0.3, -0.25) is 9.80 Å². The van der Waals surface area contributed by atoms with E-state index in [1.807, 2.05) is 28.2 Å². The van der Waals surface area contributed by atoms with Gasteiger partial charge < -0.3 is 10.2 Å². The Labute approximate surface area is 91.5 Å². The molecule has 0 aromatic rings. The summed E-state index contributed by atoms with van der Waals surface area (Å²) in [6.45, 7) is 3.44. The second-order valence-corrected chi connectivity index (χ2v) is 3.19. The van der Waals surface area contributed by atoms with Gasteiger partial charge >= 0.3 is 0 Å². The third-order valence-corrected chi connectivity index (χ3v) is 1.49. The third-order valence-electron chi connectivity index (χ3n) is 1.49. The Morgan fingerprint density at radius 2 is 0.846 bits per heavy atom. The number of hydrogen-bond donors (Lipinski definition) is 2. The minimum Gasteiger partial charge on any atom is -0.379 e. The van der Waals surface area contributed by atoms with Crippen molar-refractivity contribution in [1.29, 1.82) is 0 Å². The molecule has 2 atom stereocenters. The largest absolute Gasteiger partial charge is 0.379 e. The van der Waals surface area contributed by atoms with Crippen molar-refractivity contribution >= 4 is 0 Å². The second-order valence-electron chi connectivity index (χ2n) is 3.19. The van der Waals surface area contributed by atoms with Crippen LogP contribution in [0.25, 0.3) is 0 Å². The van der Waals surface area contributed by atoms with Crippen molar-refractivity contribution in [2.75, 3.05) is 28.2 Å². The van der Waals surface area contributed by atoms with E-state index in [0.717, 1.165) is 0 Å². The average Bonchev–Trinajstić information content (AvgIpc) is 1.88. The van der Waals surface area contributed by atoms with E-state index >= 15 is 0 Å². The summed E-state index contributed by atoms with van der Waals surface area (Å²) >= 11 is 0. The fourth-order valence-corrected chi connectivity index (χ4v) is 0. The number of aliphatic hydroxyl groups is 2. The predicted molar refractivity (Wildman–Crippen MR) is 50.7 cm³/mol. The maximum absolute atomic E-state index is 8.56. The van der Waals surface area contributed by atoms with E-state index in [2.05, 4.69) is 0 Å². The van der Waals surface area contributed by atoms with Crippen molar-refractivity contribution in [2.45, 2.75) is 26.3 Å². The van der Waals surface area contributed by atoms with Gasteiger partial charge in [-0.25, -0.2) is 0 Å². The van der Waals surface area contributed by atoms with E-state index in [4.69, 9.17) is 10.2 Å². The Bertz CT molecular complexity index is 74.1. The number of hydrogen-bond acceptors (Lipinski definition) is 4. The second kappa shape index (κ2) is 10.4. The standard InChI is InChI=1S/2C4H11NO.Ni/c2*1-4(6)5(2)3;/h2*4,6H,1-3H3;. The van der Waals surface area contributed by atoms with Crippen LogP contribution in [-0.2, 0) is 16.5 Å². The van der Waals surface area contributed by atoms with Crippen LogP contribution in [0.15, 0.2) is 0 Å². The van der Waals surface area contributed by atoms with E-state index in [1.54, 1.807) is 23.6 Å². The normalized spacial score (nSPS) is 14.3. The predicted octanol–water partition coefficient (Wildman–Crippen LogP) is -0.230. The summed E-state index contributed by atoms with van der Waals surface area (Å²) in [5, 5.41) is 17.1. The van der Waals surface area contributed by atoms with Gasteiger partial charge in [0.1, 0.15) is 12.5 Å². The van der Waals surface area contributed by atoms with E-state index in [1.165, 1.54) is 0 Å². The first-order valence-electron chi connectivity index (χ1n) is 3.98. The van der Waals surface area contributed by atoms with E-state index in [9.17, 15) is 0 Å². The molecule has 5 heteroatoms. The average molecular weight is 237 g/mol. The molecule has 13 heavy (non-hydrogen) atoms. The SMILES string of the molecule is CC(O)N(C)C.CC(O)N(C)C.[Ni]. The summed E-state index contributed by atoms with van der Waals surface area (Å²) in [6, 6.07) is 0. The molecule has 86 valence electrons. The molecule has 2 unspecified atom stereocenters. The van der Waals surface area contributed by atoms with Crippen LogP contribution in [-0.4, -0.2) is 60.7 Å². The first-order valence-corrected chi connectivity index (χ1v) is 3.98. The molecule has 0 aliphatic heterocycles. The van der Waals surface area contributed by atoms with Crippen LogP contribution in [0.1, 0.15) is 13.8 Å². The molecular formula is C8H22N2NiO2. The molecule has 0 fully saturated rings. The van der Waals surface area contributed by atoms with Crippen molar-refractivity contribution in [3.8, 4) is 0 Å². The Kier molecular flexibility index (Phi) is 15.2. The summed E-state index contributed by atoms with van der Waals surface area (Å²) in [4.78, 5) is 3.44. The van der Waals surface area contributed by atoms with Gasteiger partial charge in [-0.05, 0) is 42.0 Å². The molecular weight excluding hydrogens is 215 g/mol. The fraction of sp³-hybridized carbons (Fsp3) is 1.00. The summed E-state index contributed by atoms with van der Waals surface area (Å²) in [7, 11) is 7.30. The Balaban J connectivity index is -0.000000143. The quantitative estimate of drug-likeness (QED) is 0.514. The van der Waals surface area contributed by atoms with Gasteiger partial charge in [0.2, 0.25) is 0 Å². The van der Waals surface area contributed by atoms with Crippen LogP contribution in [0, 0.1) is 0 Å². The van der Waals surface area contributed by atoms with Gasteiger partial charge in [-0.2, -0.15) is 0 Å². The van der Waals surface area contributed by atoms with Crippen molar-refractivity contribution in [2.24, 2.45) is 0 Å². The monoisotopic (exact) mass is 236 g/mol. The van der Waals surface area contributed by atoms with E-state index < -0.39 is 0 Å². The van der Waals surface area contributed by atoms with E-state index in [0.29, 0.717) is 0 Å². The molecule has 0 spiro atoms. The molecule has 0 aromatic heterocycles. The van der Waals surface area contributed by atoms with Crippen LogP contribution >= 0.6 is 0 Å². The van der Waals surface area contributed by atoms with Gasteiger partial charge in [0, 0.05) is 16.5 Å². The number of aliphatic hydroxyl groups excluding tert-OH is 2. The number of nitrogens with zero attached hydrogens (tertiary/aromatic N) is 2. The Hall–Kier alpha value is 0.334. The van der Waals surface area contributed by atoms with Gasteiger partial charge in [-0.1, -0.05) is 0 Å². The minimum atomic E-state index is -0.315. The Morgan fingerprint density at radius 1 is 0.769 bits per heavy atom. The van der Waals surface area contributed by atoms with Crippen molar-refractivity contribution < 1.29 is 26.7 Å². The maximum Gasteiger partial charge on any atom is 0.104 e. The zero-order valence-electron chi connectivity index (χ0n) is 9.26. The Morgan fingerprint density at radius 3 is 0.846 bits per heavy atom. The van der Waals surface area contributed by atoms with Gasteiger partial charge in [0.15, 0.2) is 0 Å². The molecule has 0 bridgehead atoms. The number of rotatable bonds is 2. The topological polar surface area (TPSA) is 46.9 Å². The van der Waals surface area contributed by atoms with Crippen LogP contribution in [0.3, 0.4) is 0 Å². The first kappa shape index (κ1) is 19.0. The molecule has 0 rings (SSSR count). The maximum atomic E-state index is 8.56. The van der Waals surface area contributed by atoms with Crippen molar-refractivity contribution in [3.05, 3.63) is 0 Å². The molecule has 0 saturated carbocycles. The van der Waals surface area contributed by atoms with Crippen LogP contribution in [0.5, 0.6) is 0 Å². The molecule has 0 radical (unpaired) electrons. The zero-order chi connectivity index (χ0) is 10.3. The molecule has 0 amide bonds. The van der Waals surface area contributed by atoms with Crippen molar-refractivity contribution in [1.82, 2.24) is 9.80 Å². The molecule has 2 N–H and O–H groups in total. The molecule has 0 aliphatic carbocycles. The fourth-order valence-electron chi connectivity index (χ4n) is 0. The minimum absolute atomic E-state index is 0. The van der Waals surface area contributed by atoms with Crippen molar-refractivity contribution in [3.63, 3.8) is 0 Å². The summed E-state index contributed by atoms with van der Waals surface area (Å²) in [6.07, 6.45) is -0.630. The molecule has 0 aromatic carbocycles. The first-order chi connectivity index (χ1) is 5.29. The van der Waals surface area contributed by atoms with Gasteiger partial charge in [0.25, 0.3) is 0 Å². The summed E-state index contributed by atoms with van der Waals surface area (Å²) in [5.74, 6) is 0. The van der Waals surface area contributed by atoms with Crippen LogP contribution < -0.4 is 0 Å². The third kappa shape index (κ3) is 19.0. The van der Waals surface area contributed by atoms with Crippen LogP contribution in [0.4, 0.5) is 0 Å². The summed E-state index contributed by atoms with van der Waals surface area (Å²) in [5.41, 5.74) is 0. The molecule has 0 saturated heterocycles. The molecule has 4 nitrogen and oxygen atoms in total. The van der Waals surface area contributed by atoms with Gasteiger partial charge in [0.05, 0.1) is 0 Å². The van der Waals surface area contributed by atoms with Gasteiger partial charge in [-0.15, -0.1) is 0 Å². The zero-order valence-corrected chi connectivity index (χ0v) is 10.2. The molecule has 0 heterocycles. The van der Waals surface area contributed by atoms with E-state index in [-0.39, 0.29) is 28.9 Å².